The molecule has 0 aliphatic rings. The van der Waals surface area contributed by atoms with Crippen molar-refractivity contribution in [3.63, 3.8) is 0 Å². The Morgan fingerprint density at radius 1 is 0.603 bits per heavy atom. The number of carbonyl (C=O) groups is 1. The SMILES string of the molecule is CC/C=C\C/C=C\C/C=C\CCCCCCCCCC(=O)NC(COP(=O)(O)OCC[N+](C)(C)C)C(O)/C=C/CC/C=C/CC/C=C/CCCCCCCCCCC. The van der Waals surface area contributed by atoms with Gasteiger partial charge in [0.1, 0.15) is 13.2 Å². The van der Waals surface area contributed by atoms with Crippen molar-refractivity contribution in [2.45, 2.75) is 193 Å². The highest BCUT2D eigenvalue weighted by molar-refractivity contribution is 7.47. The topological polar surface area (TPSA) is 105 Å². The lowest BCUT2D eigenvalue weighted by atomic mass is 10.1. The van der Waals surface area contributed by atoms with Crippen LogP contribution in [0, 0.1) is 0 Å². The Morgan fingerprint density at radius 2 is 1.05 bits per heavy atom. The molecular weight excluding hydrogens is 744 g/mol. The zero-order valence-corrected chi connectivity index (χ0v) is 38.9. The van der Waals surface area contributed by atoms with Gasteiger partial charge in [0, 0.05) is 6.42 Å². The van der Waals surface area contributed by atoms with Crippen LogP contribution >= 0.6 is 7.82 Å². The lowest BCUT2D eigenvalue weighted by Gasteiger charge is -2.25. The van der Waals surface area contributed by atoms with Gasteiger partial charge in [-0.05, 0) is 77.0 Å². The minimum Gasteiger partial charge on any atom is -0.387 e. The van der Waals surface area contributed by atoms with Crippen molar-refractivity contribution < 1.29 is 32.9 Å². The second-order valence-corrected chi connectivity index (χ2v) is 18.2. The molecule has 3 atom stereocenters. The number of nitrogens with one attached hydrogen (secondary N) is 1. The quantitative estimate of drug-likeness (QED) is 0.0245. The van der Waals surface area contributed by atoms with Gasteiger partial charge in [-0.1, -0.05) is 170 Å². The first kappa shape index (κ1) is 55.9. The number of rotatable bonds is 41. The summed E-state index contributed by atoms with van der Waals surface area (Å²) in [5, 5.41) is 13.8. The predicted molar refractivity (Wildman–Crippen MR) is 249 cm³/mol. The van der Waals surface area contributed by atoms with E-state index < -0.39 is 20.0 Å². The fraction of sp³-hybridized carbons (Fsp3) is 0.735. The number of amides is 1. The second-order valence-electron chi connectivity index (χ2n) is 16.7. The van der Waals surface area contributed by atoms with E-state index in [0.717, 1.165) is 77.0 Å². The number of quaternary nitrogens is 1. The summed E-state index contributed by atoms with van der Waals surface area (Å²) in [5.41, 5.74) is 0. The van der Waals surface area contributed by atoms with Crippen LogP contribution in [0.5, 0.6) is 0 Å². The normalized spacial score (nSPS) is 14.9. The summed E-state index contributed by atoms with van der Waals surface area (Å²) in [6.07, 6.45) is 54.0. The van der Waals surface area contributed by atoms with Crippen molar-refractivity contribution in [1.29, 1.82) is 0 Å². The van der Waals surface area contributed by atoms with Gasteiger partial charge in [0.2, 0.25) is 5.91 Å². The Balaban J connectivity index is 4.50. The van der Waals surface area contributed by atoms with Crippen molar-refractivity contribution in [2.24, 2.45) is 0 Å². The Labute approximate surface area is 357 Å². The Hall–Kier alpha value is -2.06. The number of phosphoric acid groups is 1. The van der Waals surface area contributed by atoms with Gasteiger partial charge in [-0.2, -0.15) is 0 Å². The number of nitrogens with zero attached hydrogens (tertiary/aromatic N) is 1. The predicted octanol–water partition coefficient (Wildman–Crippen LogP) is 13.2. The average molecular weight is 834 g/mol. The molecule has 0 aromatic carbocycles. The third-order valence-electron chi connectivity index (χ3n) is 9.89. The van der Waals surface area contributed by atoms with Crippen LogP contribution in [-0.2, 0) is 18.4 Å². The molecule has 0 aliphatic carbocycles. The maximum atomic E-state index is 12.9. The lowest BCUT2D eigenvalue weighted by Crippen LogP contribution is -2.45. The molecule has 0 aliphatic heterocycles. The van der Waals surface area contributed by atoms with Crippen LogP contribution in [0.1, 0.15) is 181 Å². The minimum atomic E-state index is -4.36. The van der Waals surface area contributed by atoms with Gasteiger partial charge >= 0.3 is 7.82 Å². The third-order valence-corrected chi connectivity index (χ3v) is 10.9. The van der Waals surface area contributed by atoms with E-state index in [2.05, 4.69) is 79.9 Å². The zero-order valence-electron chi connectivity index (χ0n) is 38.0. The molecule has 3 unspecified atom stereocenters. The summed E-state index contributed by atoms with van der Waals surface area (Å²) in [7, 11) is 1.53. The smallest absolute Gasteiger partial charge is 0.387 e. The van der Waals surface area contributed by atoms with Crippen molar-refractivity contribution >= 4 is 13.7 Å². The molecule has 0 bridgehead atoms. The van der Waals surface area contributed by atoms with Crippen LogP contribution in [0.3, 0.4) is 0 Å². The maximum Gasteiger partial charge on any atom is 0.472 e. The molecule has 1 amide bonds. The van der Waals surface area contributed by atoms with Gasteiger partial charge in [0.25, 0.3) is 0 Å². The van der Waals surface area contributed by atoms with Crippen molar-refractivity contribution in [3.8, 4) is 0 Å². The van der Waals surface area contributed by atoms with Gasteiger partial charge in [0.05, 0.1) is 39.9 Å². The standard InChI is InChI=1S/C49H89N2O6P/c1-6-8-10-12-14-16-18-20-22-24-25-27-28-30-32-34-36-38-40-42-48(52)47(46-57-58(54,55)56-45-44-51(3,4)5)50-49(53)43-41-39-37-35-33-31-29-26-23-21-19-17-15-13-11-9-7-2/h9,11,15,17,21,23,25,27,32,34,40,42,47-48,52H,6-8,10,12-14,16,18-20,22,24,26,28-31,33,35-39,41,43-46H2,1-5H3,(H-,50,53,54,55)/p+1/b11-9-,17-15-,23-21-,27-25+,34-32+,42-40+. The molecule has 0 aromatic rings. The number of unbranched alkanes of at least 4 members (excludes halogenated alkanes) is 18. The zero-order chi connectivity index (χ0) is 42.8. The fourth-order valence-electron chi connectivity index (χ4n) is 6.20. The molecule has 0 rings (SSSR count). The van der Waals surface area contributed by atoms with E-state index in [-0.39, 0.29) is 19.1 Å². The molecule has 3 N–H and O–H groups in total. The van der Waals surface area contributed by atoms with Crippen LogP contribution in [0.4, 0.5) is 0 Å². The molecule has 0 saturated carbocycles. The highest BCUT2D eigenvalue weighted by atomic mass is 31.2. The van der Waals surface area contributed by atoms with Crippen molar-refractivity contribution in [2.75, 3.05) is 40.9 Å². The molecule has 9 heteroatoms. The number of hydrogen-bond donors (Lipinski definition) is 3. The van der Waals surface area contributed by atoms with E-state index in [0.29, 0.717) is 17.4 Å². The number of hydrogen-bond acceptors (Lipinski definition) is 5. The van der Waals surface area contributed by atoms with Gasteiger partial charge in [-0.3, -0.25) is 13.8 Å². The molecule has 0 fully saturated rings. The average Bonchev–Trinajstić information content (AvgIpc) is 3.17. The van der Waals surface area contributed by atoms with Crippen LogP contribution in [0.25, 0.3) is 0 Å². The van der Waals surface area contributed by atoms with Crippen LogP contribution in [0.15, 0.2) is 72.9 Å². The highest BCUT2D eigenvalue weighted by Gasteiger charge is 2.27. The van der Waals surface area contributed by atoms with Crippen LogP contribution in [-0.4, -0.2) is 73.4 Å². The minimum absolute atomic E-state index is 0.0480. The summed E-state index contributed by atoms with van der Waals surface area (Å²) < 4.78 is 23.6. The summed E-state index contributed by atoms with van der Waals surface area (Å²) >= 11 is 0. The van der Waals surface area contributed by atoms with E-state index in [9.17, 15) is 19.4 Å². The van der Waals surface area contributed by atoms with E-state index in [1.165, 1.54) is 83.5 Å². The number of likely N-dealkylation sites (N-methyl/N-ethyl adjacent to an activating group) is 1. The summed E-state index contributed by atoms with van der Waals surface area (Å²) in [6, 6.07) is -0.878. The molecule has 0 radical (unpaired) electrons. The van der Waals surface area contributed by atoms with Gasteiger partial charge < -0.3 is 19.8 Å². The number of carbonyl (C=O) groups excluding carboxylic acids is 1. The molecule has 0 saturated heterocycles. The molecule has 336 valence electrons. The lowest BCUT2D eigenvalue weighted by molar-refractivity contribution is -0.870. The highest BCUT2D eigenvalue weighted by Crippen LogP contribution is 2.43. The summed E-state index contributed by atoms with van der Waals surface area (Å²) in [6.45, 7) is 4.65. The fourth-order valence-corrected chi connectivity index (χ4v) is 6.94. The molecule has 0 spiro atoms. The first-order chi connectivity index (χ1) is 28.0. The summed E-state index contributed by atoms with van der Waals surface area (Å²) in [5.74, 6) is -0.205. The third kappa shape index (κ3) is 42.1. The van der Waals surface area contributed by atoms with Crippen LogP contribution < -0.4 is 5.32 Å². The Kier molecular flexibility index (Phi) is 38.9. The molecule has 58 heavy (non-hydrogen) atoms. The van der Waals surface area contributed by atoms with Gasteiger partial charge in [-0.15, -0.1) is 0 Å². The first-order valence-electron chi connectivity index (χ1n) is 23.3. The first-order valence-corrected chi connectivity index (χ1v) is 24.8. The van der Waals surface area contributed by atoms with E-state index in [1.807, 2.05) is 27.2 Å². The molecular formula is C49H90N2O6P+. The second kappa shape index (κ2) is 40.4. The van der Waals surface area contributed by atoms with E-state index >= 15 is 0 Å². The van der Waals surface area contributed by atoms with Gasteiger partial charge in [-0.25, -0.2) is 4.57 Å². The number of aliphatic hydroxyl groups is 1. The number of aliphatic hydroxyl groups excluding tert-OH is 1. The van der Waals surface area contributed by atoms with E-state index in [1.54, 1.807) is 6.08 Å². The van der Waals surface area contributed by atoms with Crippen molar-refractivity contribution in [3.05, 3.63) is 72.9 Å². The molecule has 0 heterocycles. The number of phosphoric ester groups is 1. The summed E-state index contributed by atoms with van der Waals surface area (Å²) in [4.78, 5) is 23.1. The Bertz CT molecular complexity index is 1170. The van der Waals surface area contributed by atoms with Crippen LogP contribution in [0.2, 0.25) is 0 Å². The van der Waals surface area contributed by atoms with Gasteiger partial charge in [0.15, 0.2) is 0 Å². The maximum absolute atomic E-state index is 12.9. The molecule has 0 aromatic heterocycles. The van der Waals surface area contributed by atoms with E-state index in [4.69, 9.17) is 9.05 Å². The van der Waals surface area contributed by atoms with Crippen molar-refractivity contribution in [1.82, 2.24) is 5.32 Å². The molecule has 8 nitrogen and oxygen atoms in total. The number of allylic oxidation sites excluding steroid dienone is 11. The Morgan fingerprint density at radius 3 is 1.59 bits per heavy atom. The monoisotopic (exact) mass is 834 g/mol. The largest absolute Gasteiger partial charge is 0.472 e.